The Morgan fingerprint density at radius 2 is 1.98 bits per heavy atom. The number of fused-ring (bicyclic) bond motifs is 4. The van der Waals surface area contributed by atoms with E-state index in [1.807, 2.05) is 25.1 Å². The Morgan fingerprint density at radius 1 is 1.17 bits per heavy atom. The van der Waals surface area contributed by atoms with Crippen molar-refractivity contribution in [2.45, 2.75) is 45.7 Å². The van der Waals surface area contributed by atoms with Gasteiger partial charge in [0.2, 0.25) is 5.91 Å². The van der Waals surface area contributed by atoms with Gasteiger partial charge in [-0.25, -0.2) is 4.98 Å². The molecule has 1 amide bonds. The molecule has 2 atom stereocenters. The normalized spacial score (nSPS) is 17.7. The number of nitrogens with two attached hydrogens (primary N) is 1. The third-order valence-electron chi connectivity index (χ3n) is 7.20. The van der Waals surface area contributed by atoms with Crippen LogP contribution < -0.4 is 21.9 Å². The standard InChI is InChI=1S/C29H29ClF2N8O2/c1-16-6-7-20(35-14-25(30)33)19(10-16)21-12-26(41)39(15-36-21)24-5-3-4-17(2)28(42)38-23-13-37-40(29(31)32)27(23)22-11-18(24)8-9-34-22/h6-15,17,24,29,35H,3-5,33H2,1-2H3,(H,38,42)/b25-14-. The van der Waals surface area contributed by atoms with Gasteiger partial charge in [0.15, 0.2) is 0 Å². The number of hydrogen-bond donors (Lipinski definition) is 3. The number of carbonyl (C=O) groups excluding carboxylic acids is 1. The summed E-state index contributed by atoms with van der Waals surface area (Å²) in [7, 11) is 0. The van der Waals surface area contributed by atoms with Crippen LogP contribution in [-0.2, 0) is 4.79 Å². The molecule has 4 aromatic rings. The number of alkyl halides is 2. The van der Waals surface area contributed by atoms with E-state index in [9.17, 15) is 18.4 Å². The molecular weight excluding hydrogens is 566 g/mol. The van der Waals surface area contributed by atoms with Gasteiger partial charge in [-0.3, -0.25) is 19.1 Å². The van der Waals surface area contributed by atoms with E-state index in [1.165, 1.54) is 35.6 Å². The highest BCUT2D eigenvalue weighted by Crippen LogP contribution is 2.34. The summed E-state index contributed by atoms with van der Waals surface area (Å²) in [5.74, 6) is -0.713. The first-order valence-corrected chi connectivity index (χ1v) is 13.7. The van der Waals surface area contributed by atoms with Crippen molar-refractivity contribution in [3.63, 3.8) is 0 Å². The molecule has 218 valence electrons. The topological polar surface area (TPSA) is 133 Å². The van der Waals surface area contributed by atoms with Crippen molar-refractivity contribution >= 4 is 28.9 Å². The molecule has 0 saturated heterocycles. The lowest BCUT2D eigenvalue weighted by atomic mass is 9.95. The predicted octanol–water partition coefficient (Wildman–Crippen LogP) is 5.63. The van der Waals surface area contributed by atoms with E-state index in [-0.39, 0.29) is 33.7 Å². The van der Waals surface area contributed by atoms with Gasteiger partial charge in [-0.2, -0.15) is 18.6 Å². The highest BCUT2D eigenvalue weighted by atomic mass is 35.5. The molecule has 1 aliphatic heterocycles. The second-order valence-corrected chi connectivity index (χ2v) is 10.6. The van der Waals surface area contributed by atoms with Crippen LogP contribution in [0.3, 0.4) is 0 Å². The molecule has 13 heteroatoms. The minimum atomic E-state index is -2.95. The number of hydrogen-bond acceptors (Lipinski definition) is 7. The molecule has 0 spiro atoms. The largest absolute Gasteiger partial charge is 0.388 e. The summed E-state index contributed by atoms with van der Waals surface area (Å²) in [5, 5.41) is 9.62. The Morgan fingerprint density at radius 3 is 2.71 bits per heavy atom. The van der Waals surface area contributed by atoms with E-state index in [4.69, 9.17) is 17.3 Å². The Balaban J connectivity index is 1.60. The molecule has 2 bridgehead atoms. The number of nitrogens with one attached hydrogen (secondary N) is 2. The molecule has 1 aliphatic rings. The summed E-state index contributed by atoms with van der Waals surface area (Å²) >= 11 is 5.78. The maximum atomic E-state index is 13.9. The van der Waals surface area contributed by atoms with Gasteiger partial charge >= 0.3 is 6.55 Å². The van der Waals surface area contributed by atoms with E-state index in [0.29, 0.717) is 46.5 Å². The van der Waals surface area contributed by atoms with Gasteiger partial charge in [0.25, 0.3) is 5.56 Å². The number of aryl methyl sites for hydroxylation is 1. The zero-order valence-electron chi connectivity index (χ0n) is 22.9. The smallest absolute Gasteiger partial charge is 0.333 e. The van der Waals surface area contributed by atoms with Gasteiger partial charge in [0.1, 0.15) is 10.9 Å². The van der Waals surface area contributed by atoms with Crippen molar-refractivity contribution < 1.29 is 13.6 Å². The van der Waals surface area contributed by atoms with E-state index in [0.717, 1.165) is 5.56 Å². The first-order valence-electron chi connectivity index (χ1n) is 13.3. The third-order valence-corrected chi connectivity index (χ3v) is 7.31. The van der Waals surface area contributed by atoms with Gasteiger partial charge in [0.05, 0.1) is 35.6 Å². The molecule has 4 N–H and O–H groups in total. The number of amides is 1. The van der Waals surface area contributed by atoms with E-state index in [2.05, 4.69) is 25.7 Å². The van der Waals surface area contributed by atoms with Crippen LogP contribution in [0.1, 0.15) is 49.9 Å². The number of anilines is 2. The first kappa shape index (κ1) is 28.9. The summed E-state index contributed by atoms with van der Waals surface area (Å²) in [5.41, 5.74) is 9.03. The van der Waals surface area contributed by atoms with E-state index < -0.39 is 18.5 Å². The minimum Gasteiger partial charge on any atom is -0.388 e. The molecule has 1 aromatic carbocycles. The van der Waals surface area contributed by atoms with Crippen LogP contribution in [0.4, 0.5) is 20.2 Å². The predicted molar refractivity (Wildman–Crippen MR) is 157 cm³/mol. The van der Waals surface area contributed by atoms with Gasteiger partial charge in [-0.15, -0.1) is 0 Å². The average molecular weight is 595 g/mol. The highest BCUT2D eigenvalue weighted by molar-refractivity contribution is 6.29. The molecule has 10 nitrogen and oxygen atoms in total. The van der Waals surface area contributed by atoms with Crippen molar-refractivity contribution in [1.29, 1.82) is 0 Å². The van der Waals surface area contributed by atoms with Crippen LogP contribution >= 0.6 is 11.6 Å². The molecule has 0 radical (unpaired) electrons. The fourth-order valence-electron chi connectivity index (χ4n) is 5.05. The average Bonchev–Trinajstić information content (AvgIpc) is 3.38. The highest BCUT2D eigenvalue weighted by Gasteiger charge is 2.26. The van der Waals surface area contributed by atoms with E-state index in [1.54, 1.807) is 19.1 Å². The van der Waals surface area contributed by atoms with Crippen molar-refractivity contribution in [3.05, 3.63) is 88.0 Å². The lowest BCUT2D eigenvalue weighted by Crippen LogP contribution is -2.26. The van der Waals surface area contributed by atoms with Crippen LogP contribution in [0.15, 0.2) is 71.3 Å². The molecule has 0 aliphatic carbocycles. The summed E-state index contributed by atoms with van der Waals surface area (Å²) in [6.45, 7) is 0.751. The Labute approximate surface area is 245 Å². The van der Waals surface area contributed by atoms with Gasteiger partial charge < -0.3 is 16.4 Å². The molecule has 5 rings (SSSR count). The number of aromatic nitrogens is 5. The number of halogens is 3. The molecule has 2 unspecified atom stereocenters. The molecule has 0 fully saturated rings. The summed E-state index contributed by atoms with van der Waals surface area (Å²) < 4.78 is 29.8. The Kier molecular flexibility index (Phi) is 8.34. The number of pyridine rings is 1. The van der Waals surface area contributed by atoms with Gasteiger partial charge in [0, 0.05) is 35.6 Å². The quantitative estimate of drug-likeness (QED) is 0.255. The maximum absolute atomic E-state index is 13.9. The number of rotatable bonds is 5. The lowest BCUT2D eigenvalue weighted by Gasteiger charge is -2.23. The zero-order valence-corrected chi connectivity index (χ0v) is 23.6. The molecule has 0 saturated carbocycles. The number of nitrogens with zero attached hydrogens (tertiary/aromatic N) is 5. The molecular formula is C29H29ClF2N8O2. The van der Waals surface area contributed by atoms with Crippen LogP contribution in [0, 0.1) is 12.8 Å². The van der Waals surface area contributed by atoms with Crippen molar-refractivity contribution in [3.8, 4) is 22.6 Å². The SMILES string of the molecule is Cc1ccc(N/C=C(\N)Cl)c(-c2cc(=O)n(C3CCCC(C)C(=O)Nc4cnn(C(F)F)c4-c4cc3ccn4)cn2)c1. The van der Waals surface area contributed by atoms with Gasteiger partial charge in [-0.1, -0.05) is 36.6 Å². The molecule has 4 heterocycles. The summed E-state index contributed by atoms with van der Waals surface area (Å²) in [4.78, 5) is 35.4. The van der Waals surface area contributed by atoms with Gasteiger partial charge in [-0.05, 0) is 49.6 Å². The fourth-order valence-corrected chi connectivity index (χ4v) is 5.10. The maximum Gasteiger partial charge on any atom is 0.333 e. The van der Waals surface area contributed by atoms with Crippen LogP contribution in [0.5, 0.6) is 0 Å². The summed E-state index contributed by atoms with van der Waals surface area (Å²) in [6, 6.07) is 10.00. The molecule has 3 aromatic heterocycles. The van der Waals surface area contributed by atoms with Crippen LogP contribution in [-0.4, -0.2) is 30.2 Å². The second-order valence-electron chi connectivity index (χ2n) is 10.2. The van der Waals surface area contributed by atoms with Crippen LogP contribution in [0.25, 0.3) is 22.6 Å². The van der Waals surface area contributed by atoms with Crippen molar-refractivity contribution in [2.24, 2.45) is 11.7 Å². The molecule has 42 heavy (non-hydrogen) atoms. The van der Waals surface area contributed by atoms with Crippen molar-refractivity contribution in [1.82, 2.24) is 24.3 Å². The Bertz CT molecular complexity index is 1710. The summed E-state index contributed by atoms with van der Waals surface area (Å²) in [6.07, 6.45) is 7.25. The lowest BCUT2D eigenvalue weighted by molar-refractivity contribution is -0.119. The minimum absolute atomic E-state index is 0.0151. The van der Waals surface area contributed by atoms with Crippen molar-refractivity contribution in [2.75, 3.05) is 10.6 Å². The number of benzene rings is 1. The third kappa shape index (κ3) is 6.03. The van der Waals surface area contributed by atoms with Crippen LogP contribution in [0.2, 0.25) is 0 Å². The monoisotopic (exact) mass is 594 g/mol. The Hall–Kier alpha value is -4.58. The fraction of sp³-hybridized carbons (Fsp3) is 0.276. The van der Waals surface area contributed by atoms with E-state index >= 15 is 0 Å². The second kappa shape index (κ2) is 12.1. The number of carbonyl (C=O) groups is 1. The first-order chi connectivity index (χ1) is 20.1. The zero-order chi connectivity index (χ0) is 30.0.